The van der Waals surface area contributed by atoms with Crippen LogP contribution in [0.4, 0.5) is 4.79 Å². The van der Waals surface area contributed by atoms with Crippen LogP contribution in [0.3, 0.4) is 0 Å². The van der Waals surface area contributed by atoms with Gasteiger partial charge < -0.3 is 15.3 Å². The van der Waals surface area contributed by atoms with E-state index in [0.29, 0.717) is 19.4 Å². The van der Waals surface area contributed by atoms with Gasteiger partial charge in [0, 0.05) is 6.54 Å². The van der Waals surface area contributed by atoms with Gasteiger partial charge in [-0.3, -0.25) is 4.90 Å². The van der Waals surface area contributed by atoms with Crippen molar-refractivity contribution in [3.63, 3.8) is 0 Å². The van der Waals surface area contributed by atoms with E-state index >= 15 is 0 Å². The second-order valence-electron chi connectivity index (χ2n) is 3.08. The Bertz CT molecular complexity index is 178. The maximum absolute atomic E-state index is 10.6. The lowest BCUT2D eigenvalue weighted by Crippen LogP contribution is -2.52. The molecular weight excluding hydrogens is 162 g/mol. The van der Waals surface area contributed by atoms with Gasteiger partial charge in [0.25, 0.3) is 0 Å². The maximum Gasteiger partial charge on any atom is 0.407 e. The van der Waals surface area contributed by atoms with E-state index in [4.69, 9.17) is 15.3 Å². The first-order valence-electron chi connectivity index (χ1n) is 3.88. The van der Waals surface area contributed by atoms with Crippen molar-refractivity contribution in [1.29, 1.82) is 0 Å². The predicted molar refractivity (Wildman–Crippen MR) is 40.9 cm³/mol. The maximum atomic E-state index is 10.6. The molecule has 5 nitrogen and oxygen atoms in total. The Morgan fingerprint density at radius 3 is 2.33 bits per heavy atom. The fourth-order valence-electron chi connectivity index (χ4n) is 1.62. The number of nitrogens with zero attached hydrogens (tertiary/aromatic N) is 1. The number of aliphatic hydroxyl groups excluding tert-OH is 2. The number of amides is 1. The van der Waals surface area contributed by atoms with E-state index in [2.05, 4.69) is 0 Å². The zero-order chi connectivity index (χ0) is 9.19. The second kappa shape index (κ2) is 3.28. The summed E-state index contributed by atoms with van der Waals surface area (Å²) in [6.45, 7) is -0.220. The highest BCUT2D eigenvalue weighted by molar-refractivity contribution is 5.66. The zero-order valence-corrected chi connectivity index (χ0v) is 6.73. The van der Waals surface area contributed by atoms with Gasteiger partial charge in [0.15, 0.2) is 0 Å². The van der Waals surface area contributed by atoms with Crippen molar-refractivity contribution < 1.29 is 20.1 Å². The van der Waals surface area contributed by atoms with Crippen LogP contribution >= 0.6 is 0 Å². The topological polar surface area (TPSA) is 81.0 Å². The third kappa shape index (κ3) is 1.25. The lowest BCUT2D eigenvalue weighted by atomic mass is 9.99. The smallest absolute Gasteiger partial charge is 0.407 e. The van der Waals surface area contributed by atoms with Crippen LogP contribution in [0.25, 0.3) is 0 Å². The van der Waals surface area contributed by atoms with Crippen molar-refractivity contribution in [2.75, 3.05) is 19.8 Å². The van der Waals surface area contributed by atoms with Crippen LogP contribution in [0.1, 0.15) is 12.8 Å². The number of rotatable bonds is 2. The van der Waals surface area contributed by atoms with Gasteiger partial charge in [0.1, 0.15) is 0 Å². The third-order valence-corrected chi connectivity index (χ3v) is 2.42. The van der Waals surface area contributed by atoms with Gasteiger partial charge in [-0.15, -0.1) is 0 Å². The molecule has 0 aliphatic carbocycles. The van der Waals surface area contributed by atoms with Gasteiger partial charge in [0.05, 0.1) is 18.8 Å². The Morgan fingerprint density at radius 1 is 1.42 bits per heavy atom. The number of carboxylic acid groups (broad SMARTS) is 1. The summed E-state index contributed by atoms with van der Waals surface area (Å²) in [6.07, 6.45) is 0.162. The number of hydrogen-bond acceptors (Lipinski definition) is 3. The fourth-order valence-corrected chi connectivity index (χ4v) is 1.62. The fraction of sp³-hybridized carbons (Fsp3) is 0.857. The zero-order valence-electron chi connectivity index (χ0n) is 6.73. The monoisotopic (exact) mass is 175 g/mol. The van der Waals surface area contributed by atoms with Crippen LogP contribution in [-0.2, 0) is 0 Å². The molecule has 1 heterocycles. The number of carbonyl (C=O) groups is 1. The Balaban J connectivity index is 2.78. The highest BCUT2D eigenvalue weighted by Crippen LogP contribution is 2.28. The normalized spacial score (nSPS) is 21.3. The number of hydrogen-bond donors (Lipinski definition) is 3. The highest BCUT2D eigenvalue weighted by Gasteiger charge is 2.42. The largest absolute Gasteiger partial charge is 0.465 e. The van der Waals surface area contributed by atoms with E-state index in [1.165, 1.54) is 0 Å². The summed E-state index contributed by atoms with van der Waals surface area (Å²) in [5.41, 5.74) is -0.939. The summed E-state index contributed by atoms with van der Waals surface area (Å²) in [5, 5.41) is 26.7. The summed E-state index contributed by atoms with van der Waals surface area (Å²) in [5.74, 6) is 0. The van der Waals surface area contributed by atoms with E-state index in [1.54, 1.807) is 0 Å². The van der Waals surface area contributed by atoms with E-state index in [0.717, 1.165) is 4.90 Å². The van der Waals surface area contributed by atoms with Crippen LogP contribution in [-0.4, -0.2) is 51.6 Å². The molecule has 70 valence electrons. The van der Waals surface area contributed by atoms with Crippen molar-refractivity contribution in [2.45, 2.75) is 18.4 Å². The molecule has 0 aromatic carbocycles. The summed E-state index contributed by atoms with van der Waals surface area (Å²) in [4.78, 5) is 11.8. The minimum Gasteiger partial charge on any atom is -0.465 e. The molecule has 3 N–H and O–H groups in total. The molecule has 1 saturated heterocycles. The summed E-state index contributed by atoms with van der Waals surface area (Å²) < 4.78 is 0. The Labute approximate surface area is 70.2 Å². The molecule has 5 heteroatoms. The standard InChI is InChI=1S/C7H13NO4/c9-4-7(5-10)2-1-3-8(7)6(11)12/h9-10H,1-5H2,(H,11,12). The summed E-state index contributed by atoms with van der Waals surface area (Å²) >= 11 is 0. The first-order chi connectivity index (χ1) is 5.66. The molecule has 0 aromatic rings. The van der Waals surface area contributed by atoms with Gasteiger partial charge in [-0.05, 0) is 12.8 Å². The minimum atomic E-state index is -1.07. The van der Waals surface area contributed by atoms with Crippen molar-refractivity contribution in [1.82, 2.24) is 4.90 Å². The molecule has 0 bridgehead atoms. The number of likely N-dealkylation sites (tertiary alicyclic amines) is 1. The molecule has 1 aliphatic heterocycles. The molecule has 0 unspecified atom stereocenters. The third-order valence-electron chi connectivity index (χ3n) is 2.42. The molecule has 0 spiro atoms. The second-order valence-corrected chi connectivity index (χ2v) is 3.08. The predicted octanol–water partition coefficient (Wildman–Crippen LogP) is -0.516. The van der Waals surface area contributed by atoms with Gasteiger partial charge in [0.2, 0.25) is 0 Å². The molecule has 1 aliphatic rings. The molecule has 1 rings (SSSR count). The van der Waals surface area contributed by atoms with Crippen LogP contribution in [0.2, 0.25) is 0 Å². The first kappa shape index (κ1) is 9.28. The quantitative estimate of drug-likeness (QED) is 0.527. The lowest BCUT2D eigenvalue weighted by molar-refractivity contribution is 0.0203. The van der Waals surface area contributed by atoms with E-state index in [9.17, 15) is 4.79 Å². The van der Waals surface area contributed by atoms with Gasteiger partial charge in [-0.25, -0.2) is 4.79 Å². The summed E-state index contributed by atoms with van der Waals surface area (Å²) in [7, 11) is 0. The SMILES string of the molecule is O=C(O)N1CCCC1(CO)CO. The highest BCUT2D eigenvalue weighted by atomic mass is 16.4. The Hall–Kier alpha value is -0.810. The van der Waals surface area contributed by atoms with Crippen molar-refractivity contribution in [3.05, 3.63) is 0 Å². The van der Waals surface area contributed by atoms with Crippen LogP contribution < -0.4 is 0 Å². The molecule has 12 heavy (non-hydrogen) atoms. The van der Waals surface area contributed by atoms with Crippen LogP contribution in [0, 0.1) is 0 Å². The Morgan fingerprint density at radius 2 is 2.00 bits per heavy atom. The van der Waals surface area contributed by atoms with Crippen molar-refractivity contribution >= 4 is 6.09 Å². The molecule has 0 radical (unpaired) electrons. The number of aliphatic hydroxyl groups is 2. The van der Waals surface area contributed by atoms with E-state index in [-0.39, 0.29) is 13.2 Å². The van der Waals surface area contributed by atoms with Crippen molar-refractivity contribution in [3.8, 4) is 0 Å². The molecule has 1 amide bonds. The van der Waals surface area contributed by atoms with Gasteiger partial charge in [-0.1, -0.05) is 0 Å². The molecule has 0 aromatic heterocycles. The Kier molecular flexibility index (Phi) is 2.54. The average Bonchev–Trinajstić information content (AvgIpc) is 2.48. The van der Waals surface area contributed by atoms with E-state index in [1.807, 2.05) is 0 Å². The van der Waals surface area contributed by atoms with Gasteiger partial charge >= 0.3 is 6.09 Å². The molecule has 1 fully saturated rings. The van der Waals surface area contributed by atoms with Crippen molar-refractivity contribution in [2.24, 2.45) is 0 Å². The summed E-state index contributed by atoms with van der Waals surface area (Å²) in [6, 6.07) is 0. The first-order valence-corrected chi connectivity index (χ1v) is 3.88. The lowest BCUT2D eigenvalue weighted by Gasteiger charge is -2.32. The molecule has 0 saturated carbocycles. The average molecular weight is 175 g/mol. The molecule has 0 atom stereocenters. The van der Waals surface area contributed by atoms with Gasteiger partial charge in [-0.2, -0.15) is 0 Å². The van der Waals surface area contributed by atoms with Crippen LogP contribution in [0.15, 0.2) is 0 Å². The van der Waals surface area contributed by atoms with E-state index < -0.39 is 11.6 Å². The van der Waals surface area contributed by atoms with Crippen LogP contribution in [0.5, 0.6) is 0 Å². The molecular formula is C7H13NO4. The minimum absolute atomic E-state index is 0.310.